The number of amides is 1. The second kappa shape index (κ2) is 7.91. The van der Waals surface area contributed by atoms with Crippen LogP contribution in [0.15, 0.2) is 45.3 Å². The monoisotopic (exact) mass is 500 g/mol. The van der Waals surface area contributed by atoms with Crippen molar-refractivity contribution in [3.8, 4) is 0 Å². The molecular weight excluding hydrogens is 483 g/mol. The standard InChI is InChI=1S/C20H19BrClFN2O3S/c1-19(2,3)29(28)24-11-20(12-7-5-4-6-8-12)10-13-15(25(20)18(26)27)9-14(23)17(22)16(13)21/h4-9,11H,10H2,1-3H3,(H,26,27). The molecule has 0 bridgehead atoms. The van der Waals surface area contributed by atoms with Crippen LogP contribution in [-0.4, -0.2) is 26.7 Å². The third-order valence-electron chi connectivity index (χ3n) is 4.68. The van der Waals surface area contributed by atoms with Crippen LogP contribution in [0.1, 0.15) is 31.9 Å². The van der Waals surface area contributed by atoms with Crippen LogP contribution >= 0.6 is 27.5 Å². The van der Waals surface area contributed by atoms with E-state index in [1.54, 1.807) is 51.1 Å². The SMILES string of the molecule is CC(C)(C)[S+]([O-])N=CC1(c2ccccc2)Cc2c(cc(F)c(Cl)c2Br)N1C(=O)O. The number of halogens is 3. The molecule has 0 saturated heterocycles. The lowest BCUT2D eigenvalue weighted by molar-refractivity contribution is 0.197. The minimum atomic E-state index is -1.60. The molecule has 0 aliphatic carbocycles. The van der Waals surface area contributed by atoms with Crippen molar-refractivity contribution in [2.75, 3.05) is 4.90 Å². The summed E-state index contributed by atoms with van der Waals surface area (Å²) in [6, 6.07) is 9.99. The Balaban J connectivity index is 2.27. The predicted octanol–water partition coefficient (Wildman–Crippen LogP) is 5.71. The van der Waals surface area contributed by atoms with Crippen molar-refractivity contribution in [3.05, 3.63) is 62.8 Å². The topological polar surface area (TPSA) is 76.0 Å². The normalized spacial score (nSPS) is 20.2. The Kier molecular flexibility index (Phi) is 6.02. The van der Waals surface area contributed by atoms with Gasteiger partial charge in [0.1, 0.15) is 27.5 Å². The zero-order valence-corrected chi connectivity index (χ0v) is 19.1. The first-order chi connectivity index (χ1) is 13.5. The lowest BCUT2D eigenvalue weighted by atomic mass is 9.87. The van der Waals surface area contributed by atoms with E-state index in [0.717, 1.165) is 11.0 Å². The molecule has 154 valence electrons. The first-order valence-corrected chi connectivity index (χ1v) is 11.0. The van der Waals surface area contributed by atoms with E-state index in [4.69, 9.17) is 11.6 Å². The molecule has 0 spiro atoms. The lowest BCUT2D eigenvalue weighted by Crippen LogP contribution is -2.49. The zero-order chi connectivity index (χ0) is 21.6. The first kappa shape index (κ1) is 22.1. The molecule has 9 heteroatoms. The van der Waals surface area contributed by atoms with E-state index in [1.165, 1.54) is 6.21 Å². The number of rotatable bonds is 3. The molecule has 0 aromatic heterocycles. The smallest absolute Gasteiger partial charge is 0.412 e. The molecular formula is C20H19BrClFN2O3S. The van der Waals surface area contributed by atoms with Gasteiger partial charge in [0, 0.05) is 10.9 Å². The summed E-state index contributed by atoms with van der Waals surface area (Å²) in [6.45, 7) is 5.33. The number of nitrogens with zero attached hydrogens (tertiary/aromatic N) is 2. The number of carboxylic acid groups (broad SMARTS) is 1. The van der Waals surface area contributed by atoms with E-state index in [0.29, 0.717) is 15.6 Å². The molecule has 1 aliphatic heterocycles. The summed E-state index contributed by atoms with van der Waals surface area (Å²) < 4.78 is 30.8. The fourth-order valence-corrected chi connectivity index (χ4v) is 4.54. The molecule has 0 radical (unpaired) electrons. The van der Waals surface area contributed by atoms with Crippen molar-refractivity contribution >= 4 is 56.9 Å². The quantitative estimate of drug-likeness (QED) is 0.332. The van der Waals surface area contributed by atoms with Crippen LogP contribution in [0.2, 0.25) is 5.02 Å². The van der Waals surface area contributed by atoms with Gasteiger partial charge in [0.05, 0.1) is 16.9 Å². The molecule has 1 N–H and O–H groups in total. The molecule has 2 aromatic carbocycles. The van der Waals surface area contributed by atoms with Crippen molar-refractivity contribution in [2.45, 2.75) is 37.5 Å². The molecule has 5 nitrogen and oxygen atoms in total. The van der Waals surface area contributed by atoms with Crippen molar-refractivity contribution in [2.24, 2.45) is 4.40 Å². The van der Waals surface area contributed by atoms with E-state index < -0.39 is 33.6 Å². The summed E-state index contributed by atoms with van der Waals surface area (Å²) in [4.78, 5) is 13.4. The number of hydrogen-bond donors (Lipinski definition) is 1. The van der Waals surface area contributed by atoms with Gasteiger partial charge < -0.3 is 9.66 Å². The van der Waals surface area contributed by atoms with Gasteiger partial charge >= 0.3 is 6.09 Å². The summed E-state index contributed by atoms with van der Waals surface area (Å²) in [7, 11) is 0. The molecule has 0 saturated carbocycles. The van der Waals surface area contributed by atoms with Crippen LogP contribution in [-0.2, 0) is 23.3 Å². The summed E-state index contributed by atoms with van der Waals surface area (Å²) >= 11 is 7.74. The molecule has 1 aliphatic rings. The number of hydrogen-bond acceptors (Lipinski definition) is 3. The molecule has 2 unspecified atom stereocenters. The van der Waals surface area contributed by atoms with Gasteiger partial charge in [-0.2, -0.15) is 0 Å². The van der Waals surface area contributed by atoms with E-state index in [2.05, 4.69) is 20.3 Å². The Morgan fingerprint density at radius 1 is 1.41 bits per heavy atom. The van der Waals surface area contributed by atoms with Crippen LogP contribution in [0.4, 0.5) is 14.9 Å². The minimum absolute atomic E-state index is 0.117. The number of carbonyl (C=O) groups is 1. The fourth-order valence-electron chi connectivity index (χ4n) is 3.25. The Morgan fingerprint density at radius 3 is 2.59 bits per heavy atom. The fraction of sp³-hybridized carbons (Fsp3) is 0.300. The molecule has 3 rings (SSSR count). The number of fused-ring (bicyclic) bond motifs is 1. The minimum Gasteiger partial charge on any atom is -0.591 e. The van der Waals surface area contributed by atoms with E-state index in [-0.39, 0.29) is 17.1 Å². The largest absolute Gasteiger partial charge is 0.591 e. The average molecular weight is 502 g/mol. The highest BCUT2D eigenvalue weighted by molar-refractivity contribution is 9.10. The Labute approximate surface area is 185 Å². The summed E-state index contributed by atoms with van der Waals surface area (Å²) in [5.74, 6) is -0.734. The average Bonchev–Trinajstić information content (AvgIpc) is 2.99. The highest BCUT2D eigenvalue weighted by Crippen LogP contribution is 2.49. The van der Waals surface area contributed by atoms with Gasteiger partial charge in [-0.25, -0.2) is 9.18 Å². The van der Waals surface area contributed by atoms with Crippen LogP contribution in [0, 0.1) is 5.82 Å². The third-order valence-corrected chi connectivity index (χ3v) is 7.49. The van der Waals surface area contributed by atoms with Gasteiger partial charge in [-0.15, -0.1) is 0 Å². The van der Waals surface area contributed by atoms with E-state index in [1.807, 2.05) is 0 Å². The van der Waals surface area contributed by atoms with E-state index >= 15 is 0 Å². The van der Waals surface area contributed by atoms with Gasteiger partial charge in [-0.05, 0) is 53.9 Å². The van der Waals surface area contributed by atoms with Crippen molar-refractivity contribution in [1.29, 1.82) is 0 Å². The highest BCUT2D eigenvalue weighted by atomic mass is 79.9. The molecule has 1 heterocycles. The van der Waals surface area contributed by atoms with Crippen LogP contribution in [0.25, 0.3) is 0 Å². The molecule has 29 heavy (non-hydrogen) atoms. The second-order valence-corrected chi connectivity index (χ2v) is 10.8. The maximum atomic E-state index is 14.3. The van der Waals surface area contributed by atoms with Gasteiger partial charge in [0.15, 0.2) is 0 Å². The van der Waals surface area contributed by atoms with Crippen molar-refractivity contribution < 1.29 is 18.8 Å². The van der Waals surface area contributed by atoms with Crippen LogP contribution in [0.5, 0.6) is 0 Å². The van der Waals surface area contributed by atoms with Gasteiger partial charge in [-0.1, -0.05) is 46.3 Å². The zero-order valence-electron chi connectivity index (χ0n) is 15.9. The van der Waals surface area contributed by atoms with E-state index in [9.17, 15) is 18.8 Å². The summed E-state index contributed by atoms with van der Waals surface area (Å²) in [6.07, 6.45) is 0.273. The van der Waals surface area contributed by atoms with Gasteiger partial charge in [0.25, 0.3) is 0 Å². The Bertz CT molecular complexity index is 984. The maximum Gasteiger partial charge on any atom is 0.412 e. The number of benzene rings is 2. The molecule has 2 atom stereocenters. The van der Waals surface area contributed by atoms with Crippen molar-refractivity contribution in [1.82, 2.24) is 0 Å². The molecule has 0 fully saturated rings. The van der Waals surface area contributed by atoms with Gasteiger partial charge in [0.2, 0.25) is 0 Å². The highest BCUT2D eigenvalue weighted by Gasteiger charge is 2.50. The lowest BCUT2D eigenvalue weighted by Gasteiger charge is -2.34. The maximum absolute atomic E-state index is 14.3. The predicted molar refractivity (Wildman–Crippen MR) is 118 cm³/mol. The van der Waals surface area contributed by atoms with Crippen LogP contribution < -0.4 is 4.90 Å². The van der Waals surface area contributed by atoms with Crippen molar-refractivity contribution in [3.63, 3.8) is 0 Å². The third kappa shape index (κ3) is 3.91. The summed E-state index contributed by atoms with van der Waals surface area (Å²) in [5.41, 5.74) is 0.0335. The van der Waals surface area contributed by atoms with Gasteiger partial charge in [-0.3, -0.25) is 4.90 Å². The first-order valence-electron chi connectivity index (χ1n) is 8.71. The molecule has 1 amide bonds. The summed E-state index contributed by atoms with van der Waals surface area (Å²) in [5, 5.41) is 9.93. The second-order valence-electron chi connectivity index (χ2n) is 7.67. The molecule has 2 aromatic rings. The Morgan fingerprint density at radius 2 is 2.03 bits per heavy atom. The van der Waals surface area contributed by atoms with Crippen LogP contribution in [0.3, 0.4) is 0 Å². The Hall–Kier alpha value is -1.61. The number of anilines is 1.